The first-order valence-corrected chi connectivity index (χ1v) is 8.49. The van der Waals surface area contributed by atoms with Crippen molar-refractivity contribution in [1.82, 2.24) is 30.2 Å². The average molecular weight is 320 g/mol. The highest BCUT2D eigenvalue weighted by Crippen LogP contribution is 2.18. The zero-order valence-corrected chi connectivity index (χ0v) is 13.2. The van der Waals surface area contributed by atoms with Crippen LogP contribution in [0.1, 0.15) is 18.5 Å². The van der Waals surface area contributed by atoms with Gasteiger partial charge in [-0.25, -0.2) is 9.78 Å². The predicted octanol–water partition coefficient (Wildman–Crippen LogP) is 1.40. The summed E-state index contributed by atoms with van der Waals surface area (Å²) >= 11 is 1.58. The largest absolute Gasteiger partial charge is 0.338 e. The van der Waals surface area contributed by atoms with Crippen molar-refractivity contribution in [1.29, 1.82) is 0 Å². The van der Waals surface area contributed by atoms with Crippen LogP contribution >= 0.6 is 11.3 Å². The van der Waals surface area contributed by atoms with Crippen molar-refractivity contribution in [3.8, 4) is 0 Å². The first-order chi connectivity index (χ1) is 10.8. The molecule has 1 atom stereocenters. The van der Waals surface area contributed by atoms with Gasteiger partial charge in [0.1, 0.15) is 0 Å². The first kappa shape index (κ1) is 15.0. The number of piperidine rings is 1. The fourth-order valence-corrected chi connectivity index (χ4v) is 3.36. The van der Waals surface area contributed by atoms with Crippen LogP contribution in [0.15, 0.2) is 23.3 Å². The molecule has 7 nitrogen and oxygen atoms in total. The molecule has 8 heteroatoms. The van der Waals surface area contributed by atoms with Gasteiger partial charge in [0.05, 0.1) is 17.4 Å². The normalized spacial score (nSPS) is 18.4. The lowest BCUT2D eigenvalue weighted by Gasteiger charge is -2.32. The van der Waals surface area contributed by atoms with Crippen LogP contribution in [0.25, 0.3) is 0 Å². The number of rotatable bonds is 5. The molecule has 3 heterocycles. The van der Waals surface area contributed by atoms with E-state index in [1.807, 2.05) is 26.7 Å². The zero-order valence-electron chi connectivity index (χ0n) is 12.4. The summed E-state index contributed by atoms with van der Waals surface area (Å²) in [5.41, 5.74) is 2.85. The van der Waals surface area contributed by atoms with E-state index >= 15 is 0 Å². The van der Waals surface area contributed by atoms with E-state index in [4.69, 9.17) is 0 Å². The molecule has 0 spiro atoms. The Kier molecular flexibility index (Phi) is 4.99. The number of carbonyl (C=O) groups is 1. The smallest absolute Gasteiger partial charge is 0.317 e. The molecular weight excluding hydrogens is 300 g/mol. The van der Waals surface area contributed by atoms with Gasteiger partial charge in [-0.05, 0) is 18.8 Å². The molecule has 118 valence electrons. The van der Waals surface area contributed by atoms with Gasteiger partial charge in [0.2, 0.25) is 0 Å². The number of nitrogens with one attached hydrogen (secondary N) is 1. The number of carbonyl (C=O) groups excluding carboxylic acids is 1. The maximum absolute atomic E-state index is 12.2. The van der Waals surface area contributed by atoms with Gasteiger partial charge < -0.3 is 10.2 Å². The van der Waals surface area contributed by atoms with Crippen LogP contribution in [0.3, 0.4) is 0 Å². The lowest BCUT2D eigenvalue weighted by Crippen LogP contribution is -2.46. The maximum atomic E-state index is 12.2. The molecule has 22 heavy (non-hydrogen) atoms. The van der Waals surface area contributed by atoms with Crippen molar-refractivity contribution >= 4 is 17.4 Å². The maximum Gasteiger partial charge on any atom is 0.317 e. The molecular formula is C14H20N6OS. The minimum atomic E-state index is 0.0264. The quantitative estimate of drug-likeness (QED) is 0.903. The molecule has 1 unspecified atom stereocenters. The van der Waals surface area contributed by atoms with Crippen molar-refractivity contribution < 1.29 is 4.79 Å². The molecule has 2 aromatic heterocycles. The summed E-state index contributed by atoms with van der Waals surface area (Å²) in [6.07, 6.45) is 6.51. The second-order valence-corrected chi connectivity index (χ2v) is 6.26. The molecule has 0 saturated carbocycles. The van der Waals surface area contributed by atoms with Gasteiger partial charge in [-0.3, -0.25) is 4.68 Å². The Hall–Kier alpha value is -1.96. The minimum Gasteiger partial charge on any atom is -0.338 e. The number of nitrogens with zero attached hydrogens (tertiary/aromatic N) is 5. The van der Waals surface area contributed by atoms with E-state index in [1.54, 1.807) is 17.5 Å². The fraction of sp³-hybridized carbons (Fsp3) is 0.571. The van der Waals surface area contributed by atoms with E-state index in [0.29, 0.717) is 12.5 Å². The molecule has 1 fully saturated rings. The monoisotopic (exact) mass is 320 g/mol. The molecule has 1 saturated heterocycles. The Balaban J connectivity index is 1.43. The number of hydrogen-bond acceptors (Lipinski definition) is 5. The molecule has 3 rings (SSSR count). The van der Waals surface area contributed by atoms with E-state index in [9.17, 15) is 4.79 Å². The molecule has 1 aliphatic rings. The Morgan fingerprint density at radius 3 is 3.23 bits per heavy atom. The third-order valence-electron chi connectivity index (χ3n) is 3.86. The molecule has 2 amide bonds. The summed E-state index contributed by atoms with van der Waals surface area (Å²) in [6.45, 7) is 3.06. The van der Waals surface area contributed by atoms with E-state index in [2.05, 4.69) is 20.6 Å². The Morgan fingerprint density at radius 1 is 1.50 bits per heavy atom. The minimum absolute atomic E-state index is 0.0264. The van der Waals surface area contributed by atoms with Gasteiger partial charge in [-0.2, -0.15) is 0 Å². The molecule has 2 aromatic rings. The van der Waals surface area contributed by atoms with E-state index < -0.39 is 0 Å². The number of aromatic nitrogens is 4. The van der Waals surface area contributed by atoms with E-state index in [1.165, 1.54) is 0 Å². The summed E-state index contributed by atoms with van der Waals surface area (Å²) in [7, 11) is 0. The van der Waals surface area contributed by atoms with Crippen LogP contribution in [-0.2, 0) is 13.0 Å². The SMILES string of the molecule is O=C(NCCc1cscn1)N1CCCC(Cn2ccnn2)C1. The highest BCUT2D eigenvalue weighted by atomic mass is 32.1. The lowest BCUT2D eigenvalue weighted by molar-refractivity contribution is 0.157. The van der Waals surface area contributed by atoms with Crippen LogP contribution in [0, 0.1) is 5.92 Å². The van der Waals surface area contributed by atoms with Gasteiger partial charge in [0.15, 0.2) is 0 Å². The number of amides is 2. The number of urea groups is 1. The van der Waals surface area contributed by atoms with Crippen molar-refractivity contribution in [2.75, 3.05) is 19.6 Å². The van der Waals surface area contributed by atoms with Crippen LogP contribution in [0.2, 0.25) is 0 Å². The molecule has 0 aromatic carbocycles. The van der Waals surface area contributed by atoms with Crippen molar-refractivity contribution in [2.45, 2.75) is 25.8 Å². The lowest BCUT2D eigenvalue weighted by atomic mass is 9.98. The highest BCUT2D eigenvalue weighted by molar-refractivity contribution is 7.07. The second kappa shape index (κ2) is 7.35. The first-order valence-electron chi connectivity index (χ1n) is 7.55. The third kappa shape index (κ3) is 4.03. The molecule has 1 aliphatic heterocycles. The van der Waals surface area contributed by atoms with Gasteiger partial charge in [0, 0.05) is 44.2 Å². The summed E-state index contributed by atoms with van der Waals surface area (Å²) in [4.78, 5) is 18.4. The topological polar surface area (TPSA) is 75.9 Å². The zero-order chi connectivity index (χ0) is 15.2. The average Bonchev–Trinajstić information content (AvgIpc) is 3.21. The van der Waals surface area contributed by atoms with Crippen LogP contribution in [-0.4, -0.2) is 50.5 Å². The van der Waals surface area contributed by atoms with Gasteiger partial charge in [-0.1, -0.05) is 5.21 Å². The van der Waals surface area contributed by atoms with E-state index in [-0.39, 0.29) is 6.03 Å². The highest BCUT2D eigenvalue weighted by Gasteiger charge is 2.23. The fourth-order valence-electron chi connectivity index (χ4n) is 2.76. The van der Waals surface area contributed by atoms with E-state index in [0.717, 1.165) is 44.6 Å². The number of thiazole rings is 1. The Bertz CT molecular complexity index is 570. The third-order valence-corrected chi connectivity index (χ3v) is 4.50. The molecule has 0 aliphatic carbocycles. The number of likely N-dealkylation sites (tertiary alicyclic amines) is 1. The Morgan fingerprint density at radius 2 is 2.45 bits per heavy atom. The summed E-state index contributed by atoms with van der Waals surface area (Å²) in [6, 6.07) is 0.0264. The van der Waals surface area contributed by atoms with Crippen molar-refractivity contribution in [2.24, 2.45) is 5.92 Å². The van der Waals surface area contributed by atoms with Gasteiger partial charge in [-0.15, -0.1) is 16.4 Å². The molecule has 1 N–H and O–H groups in total. The second-order valence-electron chi connectivity index (χ2n) is 5.54. The van der Waals surface area contributed by atoms with Crippen LogP contribution in [0.4, 0.5) is 4.79 Å². The van der Waals surface area contributed by atoms with Crippen LogP contribution in [0.5, 0.6) is 0 Å². The summed E-state index contributed by atoms with van der Waals surface area (Å²) in [5, 5.41) is 12.8. The van der Waals surface area contributed by atoms with Crippen molar-refractivity contribution in [3.63, 3.8) is 0 Å². The molecule has 0 bridgehead atoms. The summed E-state index contributed by atoms with van der Waals surface area (Å²) in [5.74, 6) is 0.444. The van der Waals surface area contributed by atoms with Gasteiger partial charge in [0.25, 0.3) is 0 Å². The number of hydrogen-bond donors (Lipinski definition) is 1. The standard InChI is InChI=1S/C14H20N6OS/c21-14(15-4-3-13-10-22-11-16-13)19-6-1-2-12(8-19)9-20-7-5-17-18-20/h5,7,10-12H,1-4,6,8-9H2,(H,15,21). The van der Waals surface area contributed by atoms with Crippen molar-refractivity contribution in [3.05, 3.63) is 29.0 Å². The summed E-state index contributed by atoms with van der Waals surface area (Å²) < 4.78 is 1.84. The predicted molar refractivity (Wildman–Crippen MR) is 83.5 cm³/mol. The molecule has 0 radical (unpaired) electrons. The Labute approximate surface area is 133 Å². The van der Waals surface area contributed by atoms with Gasteiger partial charge >= 0.3 is 6.03 Å². The van der Waals surface area contributed by atoms with Crippen LogP contribution < -0.4 is 5.32 Å².